The molecule has 1 aromatic heterocycles. The lowest BCUT2D eigenvalue weighted by molar-refractivity contribution is -0.133. The maximum absolute atomic E-state index is 12.8. The summed E-state index contributed by atoms with van der Waals surface area (Å²) in [7, 11) is 0. The molecule has 0 unspecified atom stereocenters. The van der Waals surface area contributed by atoms with Gasteiger partial charge in [0.1, 0.15) is 12.1 Å². The molecular weight excluding hydrogens is 334 g/mol. The van der Waals surface area contributed by atoms with Gasteiger partial charge in [-0.05, 0) is 18.4 Å². The molecule has 1 saturated carbocycles. The lowest BCUT2D eigenvalue weighted by Gasteiger charge is -2.30. The molecule has 3 amide bonds. The molecule has 8 nitrogen and oxygen atoms in total. The molecule has 1 aliphatic carbocycles. The van der Waals surface area contributed by atoms with Crippen molar-refractivity contribution in [1.82, 2.24) is 20.4 Å². The summed E-state index contributed by atoms with van der Waals surface area (Å²) in [6.07, 6.45) is 4.38. The van der Waals surface area contributed by atoms with Crippen LogP contribution in [0, 0.1) is 0 Å². The Morgan fingerprint density at radius 1 is 1.15 bits per heavy atom. The summed E-state index contributed by atoms with van der Waals surface area (Å²) in [5.41, 5.74) is 6.65. The summed E-state index contributed by atoms with van der Waals surface area (Å²) in [6.45, 7) is 0.450. The van der Waals surface area contributed by atoms with Crippen LogP contribution in [0.5, 0.6) is 0 Å². The van der Waals surface area contributed by atoms with Gasteiger partial charge >= 0.3 is 6.03 Å². The van der Waals surface area contributed by atoms with Crippen molar-refractivity contribution in [3.8, 4) is 11.4 Å². The first-order valence-corrected chi connectivity index (χ1v) is 8.87. The highest BCUT2D eigenvalue weighted by atomic mass is 16.5. The van der Waals surface area contributed by atoms with E-state index in [1.807, 2.05) is 24.3 Å². The average Bonchev–Trinajstić information content (AvgIpc) is 3.22. The fourth-order valence-electron chi connectivity index (χ4n) is 3.68. The Morgan fingerprint density at radius 3 is 2.58 bits per heavy atom. The number of nitrogens with zero attached hydrogens (tertiary/aromatic N) is 3. The molecule has 3 N–H and O–H groups in total. The van der Waals surface area contributed by atoms with Gasteiger partial charge in [-0.3, -0.25) is 9.69 Å². The smallest absolute Gasteiger partial charge is 0.325 e. The highest BCUT2D eigenvalue weighted by Gasteiger charge is 2.51. The topological polar surface area (TPSA) is 114 Å². The van der Waals surface area contributed by atoms with Crippen molar-refractivity contribution in [1.29, 1.82) is 0 Å². The molecule has 0 radical (unpaired) electrons. The molecule has 8 heteroatoms. The summed E-state index contributed by atoms with van der Waals surface area (Å²) in [5.74, 6) is 0.469. The highest BCUT2D eigenvalue weighted by Crippen LogP contribution is 2.34. The molecule has 2 aliphatic rings. The maximum atomic E-state index is 12.8. The van der Waals surface area contributed by atoms with E-state index in [1.165, 1.54) is 4.90 Å². The van der Waals surface area contributed by atoms with Crippen molar-refractivity contribution in [2.45, 2.75) is 50.7 Å². The molecule has 26 heavy (non-hydrogen) atoms. The van der Waals surface area contributed by atoms with Crippen LogP contribution in [0.25, 0.3) is 11.4 Å². The van der Waals surface area contributed by atoms with Crippen LogP contribution in [0.15, 0.2) is 28.8 Å². The first-order chi connectivity index (χ1) is 12.6. The molecule has 0 bridgehead atoms. The van der Waals surface area contributed by atoms with Gasteiger partial charge in [-0.15, -0.1) is 0 Å². The quantitative estimate of drug-likeness (QED) is 0.810. The van der Waals surface area contributed by atoms with Gasteiger partial charge in [-0.2, -0.15) is 4.98 Å². The SMILES string of the molecule is NCc1ccc(-c2noc(CN3C(=O)NC4(CCCCC4)C3=O)n2)cc1. The van der Waals surface area contributed by atoms with E-state index in [9.17, 15) is 9.59 Å². The number of benzene rings is 1. The summed E-state index contributed by atoms with van der Waals surface area (Å²) in [5, 5.41) is 6.83. The Morgan fingerprint density at radius 2 is 1.88 bits per heavy atom. The zero-order valence-electron chi connectivity index (χ0n) is 14.4. The van der Waals surface area contributed by atoms with E-state index < -0.39 is 5.54 Å². The van der Waals surface area contributed by atoms with Gasteiger partial charge in [0.15, 0.2) is 0 Å². The zero-order valence-corrected chi connectivity index (χ0v) is 14.4. The van der Waals surface area contributed by atoms with Crippen molar-refractivity contribution in [3.05, 3.63) is 35.7 Å². The molecule has 1 spiro atoms. The Kier molecular flexibility index (Phi) is 4.20. The zero-order chi connectivity index (χ0) is 18.1. The van der Waals surface area contributed by atoms with Crippen molar-refractivity contribution < 1.29 is 14.1 Å². The lowest BCUT2D eigenvalue weighted by Crippen LogP contribution is -2.48. The summed E-state index contributed by atoms with van der Waals surface area (Å²) < 4.78 is 5.25. The van der Waals surface area contributed by atoms with Crippen molar-refractivity contribution >= 4 is 11.9 Å². The van der Waals surface area contributed by atoms with Crippen molar-refractivity contribution in [2.75, 3.05) is 0 Å². The van der Waals surface area contributed by atoms with E-state index in [1.54, 1.807) is 0 Å². The monoisotopic (exact) mass is 355 g/mol. The van der Waals surface area contributed by atoms with Crippen LogP contribution in [0.2, 0.25) is 0 Å². The number of amides is 3. The molecule has 2 heterocycles. The normalized spacial score (nSPS) is 19.2. The second kappa shape index (κ2) is 6.53. The number of rotatable bonds is 4. The predicted octanol–water partition coefficient (Wildman–Crippen LogP) is 1.95. The lowest BCUT2D eigenvalue weighted by atomic mass is 9.82. The molecule has 1 aliphatic heterocycles. The van der Waals surface area contributed by atoms with Gasteiger partial charge in [-0.25, -0.2) is 4.79 Å². The third-order valence-corrected chi connectivity index (χ3v) is 5.16. The van der Waals surface area contributed by atoms with E-state index >= 15 is 0 Å². The largest absolute Gasteiger partial charge is 0.337 e. The van der Waals surface area contributed by atoms with Gasteiger partial charge < -0.3 is 15.6 Å². The predicted molar refractivity (Wildman–Crippen MR) is 92.5 cm³/mol. The summed E-state index contributed by atoms with van der Waals surface area (Å²) >= 11 is 0. The van der Waals surface area contributed by atoms with Gasteiger partial charge in [0.25, 0.3) is 5.91 Å². The van der Waals surface area contributed by atoms with Crippen LogP contribution in [0.4, 0.5) is 4.79 Å². The number of nitrogens with one attached hydrogen (secondary N) is 1. The minimum Gasteiger partial charge on any atom is -0.337 e. The maximum Gasteiger partial charge on any atom is 0.325 e. The number of aromatic nitrogens is 2. The second-order valence-corrected chi connectivity index (χ2v) is 6.88. The third-order valence-electron chi connectivity index (χ3n) is 5.16. The third kappa shape index (κ3) is 2.86. The Hall–Kier alpha value is -2.74. The highest BCUT2D eigenvalue weighted by molar-refractivity contribution is 6.06. The van der Waals surface area contributed by atoms with Gasteiger partial charge in [0.2, 0.25) is 11.7 Å². The van der Waals surface area contributed by atoms with Crippen LogP contribution >= 0.6 is 0 Å². The molecule has 4 rings (SSSR count). The van der Waals surface area contributed by atoms with Crippen LogP contribution < -0.4 is 11.1 Å². The minimum absolute atomic E-state index is 0.0136. The van der Waals surface area contributed by atoms with E-state index in [0.29, 0.717) is 25.2 Å². The van der Waals surface area contributed by atoms with Gasteiger partial charge in [-0.1, -0.05) is 48.7 Å². The fraction of sp³-hybridized carbons (Fsp3) is 0.444. The molecule has 2 aromatic rings. The molecule has 1 saturated heterocycles. The standard InChI is InChI=1S/C18H21N5O3/c19-10-12-4-6-13(7-5-12)15-20-14(26-22-15)11-23-16(24)18(21-17(23)25)8-2-1-3-9-18/h4-7H,1-3,8-11,19H2,(H,21,25). The van der Waals surface area contributed by atoms with Gasteiger partial charge in [0.05, 0.1) is 0 Å². The van der Waals surface area contributed by atoms with Crippen LogP contribution in [-0.2, 0) is 17.9 Å². The number of carbonyl (C=O) groups is 2. The summed E-state index contributed by atoms with van der Waals surface area (Å²) in [6, 6.07) is 7.14. The number of hydrogen-bond donors (Lipinski definition) is 2. The second-order valence-electron chi connectivity index (χ2n) is 6.88. The number of carbonyl (C=O) groups excluding carboxylic acids is 2. The fourth-order valence-corrected chi connectivity index (χ4v) is 3.68. The first-order valence-electron chi connectivity index (χ1n) is 8.87. The molecule has 1 aromatic carbocycles. The van der Waals surface area contributed by atoms with E-state index in [0.717, 1.165) is 30.4 Å². The van der Waals surface area contributed by atoms with Gasteiger partial charge in [0, 0.05) is 12.1 Å². The molecule has 2 fully saturated rings. The minimum atomic E-state index is -0.740. The van der Waals surface area contributed by atoms with Crippen molar-refractivity contribution in [3.63, 3.8) is 0 Å². The number of urea groups is 1. The van der Waals surface area contributed by atoms with E-state index in [2.05, 4.69) is 15.5 Å². The van der Waals surface area contributed by atoms with E-state index in [-0.39, 0.29) is 24.4 Å². The van der Waals surface area contributed by atoms with Crippen LogP contribution in [0.1, 0.15) is 43.6 Å². The average molecular weight is 355 g/mol. The molecule has 0 atom stereocenters. The Balaban J connectivity index is 1.50. The Bertz CT molecular complexity index is 824. The number of nitrogens with two attached hydrogens (primary N) is 1. The first kappa shape index (κ1) is 16.7. The number of imide groups is 1. The molecule has 136 valence electrons. The van der Waals surface area contributed by atoms with E-state index in [4.69, 9.17) is 10.3 Å². The van der Waals surface area contributed by atoms with Crippen molar-refractivity contribution in [2.24, 2.45) is 5.73 Å². The van der Waals surface area contributed by atoms with Crippen LogP contribution in [-0.4, -0.2) is 32.5 Å². The number of hydrogen-bond acceptors (Lipinski definition) is 6. The Labute approximate surface area is 150 Å². The van der Waals surface area contributed by atoms with Crippen LogP contribution in [0.3, 0.4) is 0 Å². The molecular formula is C18H21N5O3. The summed E-state index contributed by atoms with van der Waals surface area (Å²) in [4.78, 5) is 30.6.